The number of hydrogen-bond donors (Lipinski definition) is 2. The van der Waals surface area contributed by atoms with Gasteiger partial charge in [-0.25, -0.2) is 4.39 Å². The molecule has 21 heavy (non-hydrogen) atoms. The minimum absolute atomic E-state index is 0.00385. The zero-order valence-corrected chi connectivity index (χ0v) is 13.5. The quantitative estimate of drug-likeness (QED) is 0.526. The summed E-state index contributed by atoms with van der Waals surface area (Å²) in [5.74, 6) is 5.48. The molecular formula is C16H14BrFN2S. The molecule has 0 bridgehead atoms. The van der Waals surface area contributed by atoms with Gasteiger partial charge in [0.1, 0.15) is 5.82 Å². The summed E-state index contributed by atoms with van der Waals surface area (Å²) < 4.78 is 15.2. The highest BCUT2D eigenvalue weighted by Gasteiger charge is 2.15. The third-order valence-electron chi connectivity index (χ3n) is 3.43. The van der Waals surface area contributed by atoms with E-state index in [1.807, 2.05) is 12.1 Å². The Morgan fingerprint density at radius 1 is 1.19 bits per heavy atom. The van der Waals surface area contributed by atoms with Crippen LogP contribution < -0.4 is 11.3 Å². The maximum atomic E-state index is 13.2. The molecule has 0 radical (unpaired) electrons. The molecule has 108 valence electrons. The normalized spacial score (nSPS) is 12.7. The van der Waals surface area contributed by atoms with Crippen LogP contribution in [0, 0.1) is 5.82 Å². The van der Waals surface area contributed by atoms with E-state index in [9.17, 15) is 4.39 Å². The van der Waals surface area contributed by atoms with Crippen LogP contribution in [-0.4, -0.2) is 0 Å². The van der Waals surface area contributed by atoms with E-state index in [0.29, 0.717) is 6.42 Å². The fourth-order valence-electron chi connectivity index (χ4n) is 2.32. The van der Waals surface area contributed by atoms with E-state index in [-0.39, 0.29) is 11.9 Å². The number of fused-ring (bicyclic) bond motifs is 1. The van der Waals surface area contributed by atoms with Crippen molar-refractivity contribution in [1.29, 1.82) is 0 Å². The van der Waals surface area contributed by atoms with Crippen molar-refractivity contribution in [2.45, 2.75) is 12.5 Å². The van der Waals surface area contributed by atoms with Gasteiger partial charge in [-0.15, -0.1) is 11.3 Å². The summed E-state index contributed by atoms with van der Waals surface area (Å²) in [7, 11) is 0. The van der Waals surface area contributed by atoms with Crippen molar-refractivity contribution in [3.8, 4) is 0 Å². The number of thiophene rings is 1. The molecule has 0 saturated carbocycles. The van der Waals surface area contributed by atoms with E-state index in [4.69, 9.17) is 5.84 Å². The Hall–Kier alpha value is -1.27. The summed E-state index contributed by atoms with van der Waals surface area (Å²) in [6, 6.07) is 15.2. The highest BCUT2D eigenvalue weighted by molar-refractivity contribution is 9.10. The largest absolute Gasteiger partial charge is 0.271 e. The highest BCUT2D eigenvalue weighted by Crippen LogP contribution is 2.32. The van der Waals surface area contributed by atoms with Gasteiger partial charge in [-0.1, -0.05) is 40.2 Å². The molecule has 0 saturated heterocycles. The maximum absolute atomic E-state index is 13.2. The second-order valence-electron chi connectivity index (χ2n) is 4.85. The zero-order valence-electron chi connectivity index (χ0n) is 11.1. The molecular weight excluding hydrogens is 351 g/mol. The molecule has 2 aromatic carbocycles. The van der Waals surface area contributed by atoms with E-state index in [1.165, 1.54) is 27.1 Å². The molecule has 1 atom stereocenters. The summed E-state index contributed by atoms with van der Waals surface area (Å²) in [5, 5.41) is 1.22. The Labute approximate surface area is 134 Å². The highest BCUT2D eigenvalue weighted by atomic mass is 79.9. The smallest absolute Gasteiger partial charge is 0.124 e. The molecule has 3 N–H and O–H groups in total. The van der Waals surface area contributed by atoms with Gasteiger partial charge in [0.2, 0.25) is 0 Å². The number of hydrazine groups is 1. The van der Waals surface area contributed by atoms with Gasteiger partial charge in [0, 0.05) is 14.0 Å². The Balaban J connectivity index is 1.90. The van der Waals surface area contributed by atoms with E-state index in [0.717, 1.165) is 10.0 Å². The van der Waals surface area contributed by atoms with E-state index < -0.39 is 0 Å². The Bertz CT molecular complexity index is 739. The fourth-order valence-corrected chi connectivity index (χ4v) is 3.96. The lowest BCUT2D eigenvalue weighted by Crippen LogP contribution is -2.29. The first kappa shape index (κ1) is 14.7. The zero-order chi connectivity index (χ0) is 14.8. The standard InChI is InChI=1S/C16H14BrFN2S/c17-13-9-12(18)6-5-10(13)7-14(20-19)16-8-11-3-1-2-4-15(11)21-16/h1-6,8-9,14,20H,7,19H2. The van der Waals surface area contributed by atoms with Gasteiger partial charge in [-0.3, -0.25) is 11.3 Å². The predicted octanol–water partition coefficient (Wildman–Crippen LogP) is 4.55. The molecule has 0 fully saturated rings. The van der Waals surface area contributed by atoms with Crippen LogP contribution in [0.15, 0.2) is 53.0 Å². The van der Waals surface area contributed by atoms with Crippen molar-refractivity contribution in [2.24, 2.45) is 5.84 Å². The van der Waals surface area contributed by atoms with Crippen LogP contribution >= 0.6 is 27.3 Å². The van der Waals surface area contributed by atoms with Crippen molar-refractivity contribution in [1.82, 2.24) is 5.43 Å². The summed E-state index contributed by atoms with van der Waals surface area (Å²) in [5.41, 5.74) is 3.89. The van der Waals surface area contributed by atoms with Crippen LogP contribution in [0.4, 0.5) is 4.39 Å². The number of nitrogens with two attached hydrogens (primary N) is 1. The minimum atomic E-state index is -0.246. The number of rotatable bonds is 4. The van der Waals surface area contributed by atoms with Crippen LogP contribution in [0.2, 0.25) is 0 Å². The summed E-state index contributed by atoms with van der Waals surface area (Å²) in [6.07, 6.45) is 0.699. The summed E-state index contributed by atoms with van der Waals surface area (Å²) in [4.78, 5) is 1.18. The van der Waals surface area contributed by atoms with Crippen molar-refractivity contribution in [3.05, 3.63) is 69.3 Å². The third-order valence-corrected chi connectivity index (χ3v) is 5.40. The van der Waals surface area contributed by atoms with E-state index in [1.54, 1.807) is 17.4 Å². The average molecular weight is 365 g/mol. The summed E-state index contributed by atoms with van der Waals surface area (Å²) >= 11 is 5.13. The van der Waals surface area contributed by atoms with Crippen LogP contribution in [0.3, 0.4) is 0 Å². The Morgan fingerprint density at radius 2 is 2.00 bits per heavy atom. The van der Waals surface area contributed by atoms with Gasteiger partial charge < -0.3 is 0 Å². The third kappa shape index (κ3) is 3.16. The van der Waals surface area contributed by atoms with Gasteiger partial charge in [-0.05, 0) is 41.6 Å². The van der Waals surface area contributed by atoms with E-state index in [2.05, 4.69) is 39.6 Å². The van der Waals surface area contributed by atoms with Crippen molar-refractivity contribution in [3.63, 3.8) is 0 Å². The molecule has 3 rings (SSSR count). The van der Waals surface area contributed by atoms with Gasteiger partial charge in [0.05, 0.1) is 6.04 Å². The van der Waals surface area contributed by atoms with Crippen LogP contribution in [-0.2, 0) is 6.42 Å². The molecule has 3 aromatic rings. The molecule has 0 spiro atoms. The maximum Gasteiger partial charge on any atom is 0.124 e. The molecule has 0 aliphatic heterocycles. The number of nitrogens with one attached hydrogen (secondary N) is 1. The SMILES string of the molecule is NNC(Cc1ccc(F)cc1Br)c1cc2ccccc2s1. The monoisotopic (exact) mass is 364 g/mol. The topological polar surface area (TPSA) is 38.0 Å². The second-order valence-corrected chi connectivity index (χ2v) is 6.82. The molecule has 1 heterocycles. The predicted molar refractivity (Wildman–Crippen MR) is 89.7 cm³/mol. The van der Waals surface area contributed by atoms with E-state index >= 15 is 0 Å². The molecule has 2 nitrogen and oxygen atoms in total. The lowest BCUT2D eigenvalue weighted by molar-refractivity contribution is 0.558. The Kier molecular flexibility index (Phi) is 4.35. The Morgan fingerprint density at radius 3 is 2.71 bits per heavy atom. The van der Waals surface area contributed by atoms with Crippen molar-refractivity contribution >= 4 is 37.4 Å². The first-order chi connectivity index (χ1) is 10.2. The van der Waals surface area contributed by atoms with Crippen LogP contribution in [0.1, 0.15) is 16.5 Å². The molecule has 0 aliphatic rings. The summed E-state index contributed by atoms with van der Waals surface area (Å²) in [6.45, 7) is 0. The fraction of sp³-hybridized carbons (Fsp3) is 0.125. The first-order valence-corrected chi connectivity index (χ1v) is 8.17. The number of halogens is 2. The lowest BCUT2D eigenvalue weighted by Gasteiger charge is -2.15. The minimum Gasteiger partial charge on any atom is -0.271 e. The molecule has 1 aromatic heterocycles. The van der Waals surface area contributed by atoms with Crippen LogP contribution in [0.25, 0.3) is 10.1 Å². The van der Waals surface area contributed by atoms with Gasteiger partial charge >= 0.3 is 0 Å². The first-order valence-electron chi connectivity index (χ1n) is 6.56. The van der Waals surface area contributed by atoms with Gasteiger partial charge in [0.25, 0.3) is 0 Å². The number of hydrogen-bond acceptors (Lipinski definition) is 3. The lowest BCUT2D eigenvalue weighted by atomic mass is 10.0. The molecule has 5 heteroatoms. The number of benzene rings is 2. The van der Waals surface area contributed by atoms with Crippen molar-refractivity contribution in [2.75, 3.05) is 0 Å². The van der Waals surface area contributed by atoms with Gasteiger partial charge in [0.15, 0.2) is 0 Å². The van der Waals surface area contributed by atoms with Crippen LogP contribution in [0.5, 0.6) is 0 Å². The molecule has 0 amide bonds. The second kappa shape index (κ2) is 6.23. The van der Waals surface area contributed by atoms with Crippen molar-refractivity contribution < 1.29 is 4.39 Å². The van der Waals surface area contributed by atoms with Gasteiger partial charge in [-0.2, -0.15) is 0 Å². The average Bonchev–Trinajstić information content (AvgIpc) is 2.90. The molecule has 0 aliphatic carbocycles. The molecule has 1 unspecified atom stereocenters.